The molecule has 3 aromatic carbocycles. The topological polar surface area (TPSA) is 113 Å². The summed E-state index contributed by atoms with van der Waals surface area (Å²) in [7, 11) is 2.48. The van der Waals surface area contributed by atoms with E-state index in [1.165, 1.54) is 26.4 Å². The fourth-order valence-corrected chi connectivity index (χ4v) is 9.17. The van der Waals surface area contributed by atoms with E-state index in [1.807, 2.05) is 0 Å². The van der Waals surface area contributed by atoms with E-state index in [1.54, 1.807) is 24.3 Å². The molecule has 3 aromatic rings. The Bertz CT molecular complexity index is 2110. The smallest absolute Gasteiger partial charge is 0.258 e. The molecule has 0 bridgehead atoms. The second-order valence-electron chi connectivity index (χ2n) is 12.4. The lowest BCUT2D eigenvalue weighted by molar-refractivity contribution is -0.125. The number of phenolic OH excluding ortho intramolecular Hbond substituents is 1. The van der Waals surface area contributed by atoms with E-state index in [4.69, 9.17) is 32.7 Å². The molecule has 3 fully saturated rings. The standard InChI is InChI=1S/C34H22Cl2F5IN2O7/c1-50-14-9-18(45)21(19(10-14)51-2)22-15-7-8-16-20(30(47)43(29(16)46)13-5-3-12(42)4-6-13)17(15)11-33(35)31(48)44(32(49)34(22,33)36)28-26(40)24(38)23(37)25(39)27(28)41/h3-7,9-10,16-17,20,22,45H,8,11H2,1-2H3. The second kappa shape index (κ2) is 12.0. The van der Waals surface area contributed by atoms with Crippen molar-refractivity contribution in [3.05, 3.63) is 86.3 Å². The van der Waals surface area contributed by atoms with Crippen LogP contribution in [-0.2, 0) is 19.2 Å². The van der Waals surface area contributed by atoms with Crippen LogP contribution in [0.3, 0.4) is 0 Å². The van der Waals surface area contributed by atoms with Crippen LogP contribution in [0.1, 0.15) is 24.3 Å². The molecule has 7 rings (SSSR count). The number of carbonyl (C=O) groups is 4. The van der Waals surface area contributed by atoms with Gasteiger partial charge >= 0.3 is 0 Å². The van der Waals surface area contributed by atoms with Crippen LogP contribution in [0.2, 0.25) is 0 Å². The van der Waals surface area contributed by atoms with E-state index in [-0.39, 0.29) is 39.6 Å². The number of benzene rings is 3. The Kier molecular flexibility index (Phi) is 8.37. The number of rotatable bonds is 5. The molecule has 51 heavy (non-hydrogen) atoms. The lowest BCUT2D eigenvalue weighted by Crippen LogP contribution is -2.60. The first kappa shape index (κ1) is 35.4. The first-order valence-corrected chi connectivity index (χ1v) is 16.9. The van der Waals surface area contributed by atoms with Gasteiger partial charge in [0.1, 0.15) is 22.9 Å². The van der Waals surface area contributed by atoms with Crippen LogP contribution in [-0.4, -0.2) is 52.7 Å². The summed E-state index contributed by atoms with van der Waals surface area (Å²) in [6, 6.07) is 8.93. The van der Waals surface area contributed by atoms with Gasteiger partial charge in [-0.05, 0) is 65.6 Å². The van der Waals surface area contributed by atoms with E-state index in [9.17, 15) is 37.5 Å². The lowest BCUT2D eigenvalue weighted by atomic mass is 9.56. The average Bonchev–Trinajstić information content (AvgIpc) is 3.45. The van der Waals surface area contributed by atoms with Crippen LogP contribution in [0.4, 0.5) is 33.3 Å². The SMILES string of the molecule is COc1cc(O)c(C2C3=CCC4C(=O)N(c5ccc(I)cc5)C(=O)C4C3CC3(Cl)C(=O)N(c4c(F)c(F)c(F)c(F)c4F)C(=O)C23Cl)c(OC)c1. The first-order valence-electron chi connectivity index (χ1n) is 15.1. The highest BCUT2D eigenvalue weighted by molar-refractivity contribution is 14.1. The van der Waals surface area contributed by atoms with Crippen molar-refractivity contribution < 1.29 is 55.7 Å². The van der Waals surface area contributed by atoms with Crippen LogP contribution in [0.15, 0.2) is 48.0 Å². The third kappa shape index (κ3) is 4.62. The Morgan fingerprint density at radius 2 is 1.43 bits per heavy atom. The summed E-state index contributed by atoms with van der Waals surface area (Å²) in [4.78, 5) is 52.0. The molecule has 1 N–H and O–H groups in total. The number of hydrogen-bond acceptors (Lipinski definition) is 7. The molecule has 0 aromatic heterocycles. The highest BCUT2D eigenvalue weighted by Crippen LogP contribution is 2.67. The molecular formula is C34H22Cl2F5IN2O7. The van der Waals surface area contributed by atoms with Gasteiger partial charge in [0.05, 0.1) is 31.7 Å². The van der Waals surface area contributed by atoms with E-state index in [0.29, 0.717) is 0 Å². The van der Waals surface area contributed by atoms with Gasteiger partial charge in [0, 0.05) is 27.2 Å². The van der Waals surface area contributed by atoms with E-state index >= 15 is 8.78 Å². The number of anilines is 2. The van der Waals surface area contributed by atoms with Gasteiger partial charge in [0.2, 0.25) is 17.6 Å². The summed E-state index contributed by atoms with van der Waals surface area (Å²) in [5.41, 5.74) is -1.76. The molecule has 0 spiro atoms. The number of methoxy groups -OCH3 is 2. The normalized spacial score (nSPS) is 28.5. The minimum Gasteiger partial charge on any atom is -0.507 e. The van der Waals surface area contributed by atoms with Crippen LogP contribution in [0.25, 0.3) is 0 Å². The maximum Gasteiger partial charge on any atom is 0.258 e. The number of ether oxygens (including phenoxy) is 2. The van der Waals surface area contributed by atoms with Crippen LogP contribution < -0.4 is 19.3 Å². The predicted molar refractivity (Wildman–Crippen MR) is 179 cm³/mol. The number of hydrogen-bond donors (Lipinski definition) is 1. The van der Waals surface area contributed by atoms with Gasteiger partial charge in [-0.3, -0.25) is 24.1 Å². The van der Waals surface area contributed by atoms with Crippen LogP contribution >= 0.6 is 45.8 Å². The van der Waals surface area contributed by atoms with E-state index < -0.39 is 104 Å². The fraction of sp³-hybridized carbons (Fsp3) is 0.294. The molecule has 266 valence electrons. The summed E-state index contributed by atoms with van der Waals surface area (Å²) < 4.78 is 85.2. The van der Waals surface area contributed by atoms with E-state index in [0.717, 1.165) is 14.5 Å². The molecule has 6 unspecified atom stereocenters. The van der Waals surface area contributed by atoms with Crippen LogP contribution in [0.5, 0.6) is 17.2 Å². The molecule has 2 saturated heterocycles. The number of alkyl halides is 2. The van der Waals surface area contributed by atoms with Gasteiger partial charge in [-0.25, -0.2) is 26.9 Å². The van der Waals surface area contributed by atoms with Gasteiger partial charge in [-0.1, -0.05) is 11.6 Å². The van der Waals surface area contributed by atoms with Crippen molar-refractivity contribution in [3.63, 3.8) is 0 Å². The number of amides is 4. The van der Waals surface area contributed by atoms with Crippen molar-refractivity contribution in [2.45, 2.75) is 28.5 Å². The van der Waals surface area contributed by atoms with Gasteiger partial charge in [-0.2, -0.15) is 0 Å². The summed E-state index contributed by atoms with van der Waals surface area (Å²) in [5.74, 6) is -22.8. The van der Waals surface area contributed by atoms with Crippen molar-refractivity contribution in [3.8, 4) is 17.2 Å². The summed E-state index contributed by atoms with van der Waals surface area (Å²) in [5, 5.41) is 11.4. The molecule has 2 heterocycles. The van der Waals surface area contributed by atoms with Crippen molar-refractivity contribution >= 4 is 80.8 Å². The van der Waals surface area contributed by atoms with Gasteiger partial charge in [-0.15, -0.1) is 23.2 Å². The van der Waals surface area contributed by atoms with Gasteiger partial charge < -0.3 is 14.6 Å². The minimum absolute atomic E-state index is 0.0699. The first-order chi connectivity index (χ1) is 24.0. The molecule has 2 aliphatic carbocycles. The number of aromatic hydroxyl groups is 1. The number of imide groups is 2. The number of fused-ring (bicyclic) bond motifs is 4. The molecule has 1 saturated carbocycles. The lowest BCUT2D eigenvalue weighted by Gasteiger charge is -2.50. The maximum atomic E-state index is 15.3. The number of phenols is 1. The zero-order valence-electron chi connectivity index (χ0n) is 26.1. The number of carbonyl (C=O) groups excluding carboxylic acids is 4. The largest absolute Gasteiger partial charge is 0.507 e. The Morgan fingerprint density at radius 3 is 2.02 bits per heavy atom. The number of nitrogens with zero attached hydrogens (tertiary/aromatic N) is 2. The second-order valence-corrected chi connectivity index (χ2v) is 14.9. The molecule has 4 amide bonds. The molecule has 17 heteroatoms. The quantitative estimate of drug-likeness (QED) is 0.0595. The maximum absolute atomic E-state index is 15.3. The highest BCUT2D eigenvalue weighted by atomic mass is 127. The van der Waals surface area contributed by atoms with Crippen molar-refractivity contribution in [2.24, 2.45) is 17.8 Å². The molecule has 4 aliphatic rings. The Hall–Kier alpha value is -3.96. The van der Waals surface area contributed by atoms with Gasteiger partial charge in [0.25, 0.3) is 11.8 Å². The average molecular weight is 863 g/mol. The van der Waals surface area contributed by atoms with Crippen LogP contribution in [0, 0.1) is 50.4 Å². The fourth-order valence-electron chi connectivity index (χ4n) is 7.89. The monoisotopic (exact) mass is 862 g/mol. The molecule has 0 radical (unpaired) electrons. The van der Waals surface area contributed by atoms with E-state index in [2.05, 4.69) is 22.6 Å². The summed E-state index contributed by atoms with van der Waals surface area (Å²) in [6.07, 6.45) is 0.738. The summed E-state index contributed by atoms with van der Waals surface area (Å²) >= 11 is 16.4. The number of allylic oxidation sites excluding steroid dienone is 2. The van der Waals surface area contributed by atoms with Crippen molar-refractivity contribution in [1.29, 1.82) is 0 Å². The predicted octanol–water partition coefficient (Wildman–Crippen LogP) is 6.48. The van der Waals surface area contributed by atoms with Gasteiger partial charge in [0.15, 0.2) is 33.0 Å². The Balaban J connectivity index is 1.47. The third-order valence-electron chi connectivity index (χ3n) is 10.1. The molecule has 9 nitrogen and oxygen atoms in total. The molecular weight excluding hydrogens is 841 g/mol. The number of halogens is 8. The van der Waals surface area contributed by atoms with Crippen molar-refractivity contribution in [1.82, 2.24) is 0 Å². The molecule has 6 atom stereocenters. The summed E-state index contributed by atoms with van der Waals surface area (Å²) in [6.45, 7) is 0. The van der Waals surface area contributed by atoms with Crippen molar-refractivity contribution in [2.75, 3.05) is 24.0 Å². The third-order valence-corrected chi connectivity index (χ3v) is 12.3. The minimum atomic E-state index is -2.85. The Morgan fingerprint density at radius 1 is 0.824 bits per heavy atom. The highest BCUT2D eigenvalue weighted by Gasteiger charge is 2.77. The zero-order chi connectivity index (χ0) is 37.1. The molecule has 2 aliphatic heterocycles. The Labute approximate surface area is 309 Å². The zero-order valence-corrected chi connectivity index (χ0v) is 29.7.